The Balaban J connectivity index is 1.60. The number of rotatable bonds is 6. The first-order valence-electron chi connectivity index (χ1n) is 11.7. The highest BCUT2D eigenvalue weighted by molar-refractivity contribution is 7.09. The predicted molar refractivity (Wildman–Crippen MR) is 127 cm³/mol. The fraction of sp³-hybridized carbons (Fsp3) is 0.560. The first kappa shape index (κ1) is 21.6. The standard InChI is InChI=1S/C25H32N4O2S/c1-16-22-20(13-21(17-9-10-17)26-23(22)29(27-16)25(2,3)4)24(30)28(14-18-7-5-11-31-18)15-19-8-6-12-32-19/h6,8,12-13,17-18H,5,7,9-11,14-15H2,1-4H3. The lowest BCUT2D eigenvalue weighted by Gasteiger charge is -2.26. The molecule has 1 saturated carbocycles. The minimum Gasteiger partial charge on any atom is -0.376 e. The molecule has 4 heterocycles. The number of nitrogens with zero attached hydrogens (tertiary/aromatic N) is 4. The molecule has 0 aromatic carbocycles. The highest BCUT2D eigenvalue weighted by Crippen LogP contribution is 2.41. The number of aromatic nitrogens is 3. The second kappa shape index (κ2) is 8.27. The van der Waals surface area contributed by atoms with E-state index in [9.17, 15) is 4.79 Å². The molecule has 1 atom stereocenters. The maximum atomic E-state index is 14.1. The van der Waals surface area contributed by atoms with E-state index in [1.165, 1.54) is 4.88 Å². The van der Waals surface area contributed by atoms with E-state index in [0.29, 0.717) is 19.0 Å². The lowest BCUT2D eigenvalue weighted by atomic mass is 10.0. The molecule has 3 aromatic heterocycles. The van der Waals surface area contributed by atoms with Gasteiger partial charge in [0, 0.05) is 29.6 Å². The first-order valence-corrected chi connectivity index (χ1v) is 12.5. The van der Waals surface area contributed by atoms with Crippen LogP contribution in [-0.2, 0) is 16.8 Å². The van der Waals surface area contributed by atoms with E-state index in [1.54, 1.807) is 11.3 Å². The number of thiophene rings is 1. The van der Waals surface area contributed by atoms with Crippen molar-refractivity contribution in [2.24, 2.45) is 0 Å². The van der Waals surface area contributed by atoms with Gasteiger partial charge in [-0.2, -0.15) is 5.10 Å². The van der Waals surface area contributed by atoms with Crippen molar-refractivity contribution in [2.45, 2.75) is 77.5 Å². The van der Waals surface area contributed by atoms with Crippen molar-refractivity contribution >= 4 is 28.3 Å². The van der Waals surface area contributed by atoms with E-state index in [-0.39, 0.29) is 17.6 Å². The van der Waals surface area contributed by atoms with E-state index in [2.05, 4.69) is 32.2 Å². The molecule has 170 valence electrons. The van der Waals surface area contributed by atoms with Gasteiger partial charge in [-0.3, -0.25) is 4.79 Å². The van der Waals surface area contributed by atoms with Crippen LogP contribution in [0.25, 0.3) is 11.0 Å². The zero-order chi connectivity index (χ0) is 22.5. The van der Waals surface area contributed by atoms with Gasteiger partial charge in [0.05, 0.1) is 34.8 Å². The second-order valence-corrected chi connectivity index (χ2v) is 11.2. The van der Waals surface area contributed by atoms with Gasteiger partial charge in [0.25, 0.3) is 5.91 Å². The van der Waals surface area contributed by atoms with Crippen LogP contribution in [0.3, 0.4) is 0 Å². The van der Waals surface area contributed by atoms with E-state index >= 15 is 0 Å². The summed E-state index contributed by atoms with van der Waals surface area (Å²) in [6.07, 6.45) is 4.47. The van der Waals surface area contributed by atoms with Crippen molar-refractivity contribution in [2.75, 3.05) is 13.2 Å². The van der Waals surface area contributed by atoms with E-state index in [4.69, 9.17) is 14.8 Å². The molecular formula is C25H32N4O2S. The fourth-order valence-corrected chi connectivity index (χ4v) is 5.27. The van der Waals surface area contributed by atoms with Crippen molar-refractivity contribution in [3.8, 4) is 0 Å². The van der Waals surface area contributed by atoms with Gasteiger partial charge in [-0.05, 0) is 70.9 Å². The van der Waals surface area contributed by atoms with E-state index < -0.39 is 0 Å². The van der Waals surface area contributed by atoms with Gasteiger partial charge in [0.15, 0.2) is 5.65 Å². The maximum absolute atomic E-state index is 14.1. The molecule has 0 radical (unpaired) electrons. The maximum Gasteiger partial charge on any atom is 0.255 e. The molecule has 1 unspecified atom stereocenters. The number of aryl methyl sites for hydroxylation is 1. The number of ether oxygens (including phenoxy) is 1. The van der Waals surface area contributed by atoms with Gasteiger partial charge < -0.3 is 9.64 Å². The lowest BCUT2D eigenvalue weighted by Crippen LogP contribution is -2.37. The fourth-order valence-electron chi connectivity index (χ4n) is 4.55. The van der Waals surface area contributed by atoms with Crippen LogP contribution in [0.2, 0.25) is 0 Å². The Kier molecular flexibility index (Phi) is 5.58. The molecule has 6 nitrogen and oxygen atoms in total. The zero-order valence-corrected chi connectivity index (χ0v) is 20.2. The molecular weight excluding hydrogens is 420 g/mol. The van der Waals surface area contributed by atoms with Crippen LogP contribution in [0.15, 0.2) is 23.6 Å². The van der Waals surface area contributed by atoms with Crippen molar-refractivity contribution in [3.63, 3.8) is 0 Å². The topological polar surface area (TPSA) is 60.2 Å². The summed E-state index contributed by atoms with van der Waals surface area (Å²) in [5.74, 6) is 0.512. The number of hydrogen-bond acceptors (Lipinski definition) is 5. The van der Waals surface area contributed by atoms with E-state index in [1.807, 2.05) is 28.6 Å². The number of pyridine rings is 1. The SMILES string of the molecule is Cc1nn(C(C)(C)C)c2nc(C3CC3)cc(C(=O)N(Cc3cccs3)CC3CCCO3)c12. The number of hydrogen-bond donors (Lipinski definition) is 0. The normalized spacial score (nSPS) is 19.1. The van der Waals surface area contributed by atoms with Gasteiger partial charge >= 0.3 is 0 Å². The minimum absolute atomic E-state index is 0.0553. The van der Waals surface area contributed by atoms with Crippen LogP contribution in [0.1, 0.15) is 79.0 Å². The summed E-state index contributed by atoms with van der Waals surface area (Å²) in [6.45, 7) is 10.4. The Hall–Kier alpha value is -2.25. The molecule has 0 spiro atoms. The van der Waals surface area contributed by atoms with Gasteiger partial charge in [-0.25, -0.2) is 9.67 Å². The van der Waals surface area contributed by atoms with Crippen LogP contribution >= 0.6 is 11.3 Å². The van der Waals surface area contributed by atoms with Gasteiger partial charge in [-0.15, -0.1) is 11.3 Å². The van der Waals surface area contributed by atoms with Crippen molar-refractivity contribution in [1.29, 1.82) is 0 Å². The Bertz CT molecular complexity index is 1120. The van der Waals surface area contributed by atoms with E-state index in [0.717, 1.165) is 60.3 Å². The molecule has 32 heavy (non-hydrogen) atoms. The summed E-state index contributed by atoms with van der Waals surface area (Å²) in [6, 6.07) is 6.18. The minimum atomic E-state index is -0.212. The van der Waals surface area contributed by atoms with Crippen LogP contribution < -0.4 is 0 Å². The molecule has 3 aromatic rings. The third-order valence-electron chi connectivity index (χ3n) is 6.36. The summed E-state index contributed by atoms with van der Waals surface area (Å²) >= 11 is 1.69. The zero-order valence-electron chi connectivity index (χ0n) is 19.4. The molecule has 1 aliphatic carbocycles. The lowest BCUT2D eigenvalue weighted by molar-refractivity contribution is 0.0511. The second-order valence-electron chi connectivity index (χ2n) is 10.1. The Labute approximate surface area is 193 Å². The van der Waals surface area contributed by atoms with Crippen LogP contribution in [0.5, 0.6) is 0 Å². The summed E-state index contributed by atoms with van der Waals surface area (Å²) in [4.78, 5) is 22.3. The molecule has 0 bridgehead atoms. The number of amides is 1. The monoisotopic (exact) mass is 452 g/mol. The third kappa shape index (κ3) is 4.20. The molecule has 0 N–H and O–H groups in total. The van der Waals surface area contributed by atoms with Gasteiger partial charge in [0.1, 0.15) is 0 Å². The highest BCUT2D eigenvalue weighted by Gasteiger charge is 2.32. The summed E-state index contributed by atoms with van der Waals surface area (Å²) < 4.78 is 7.89. The molecule has 1 saturated heterocycles. The smallest absolute Gasteiger partial charge is 0.255 e. The number of carbonyl (C=O) groups excluding carboxylic acids is 1. The van der Waals surface area contributed by atoms with Crippen molar-refractivity contribution in [1.82, 2.24) is 19.7 Å². The third-order valence-corrected chi connectivity index (χ3v) is 7.22. The first-order chi connectivity index (χ1) is 15.3. The Morgan fingerprint density at radius 3 is 2.75 bits per heavy atom. The largest absolute Gasteiger partial charge is 0.376 e. The van der Waals surface area contributed by atoms with Gasteiger partial charge in [0.2, 0.25) is 0 Å². The summed E-state index contributed by atoms with van der Waals surface area (Å²) in [5, 5.41) is 7.78. The molecule has 5 rings (SSSR count). The molecule has 1 amide bonds. The van der Waals surface area contributed by atoms with Crippen LogP contribution in [-0.4, -0.2) is 44.8 Å². The van der Waals surface area contributed by atoms with Crippen LogP contribution in [0.4, 0.5) is 0 Å². The molecule has 7 heteroatoms. The van der Waals surface area contributed by atoms with Crippen molar-refractivity contribution < 1.29 is 9.53 Å². The number of fused-ring (bicyclic) bond motifs is 1. The van der Waals surface area contributed by atoms with Gasteiger partial charge in [-0.1, -0.05) is 6.07 Å². The highest BCUT2D eigenvalue weighted by atomic mass is 32.1. The predicted octanol–water partition coefficient (Wildman–Crippen LogP) is 5.26. The van der Waals surface area contributed by atoms with Crippen LogP contribution in [0, 0.1) is 6.92 Å². The molecule has 1 aliphatic heterocycles. The number of carbonyl (C=O) groups is 1. The average molecular weight is 453 g/mol. The molecule has 2 aliphatic rings. The quantitative estimate of drug-likeness (QED) is 0.512. The average Bonchev–Trinajstić information content (AvgIpc) is 3.11. The Morgan fingerprint density at radius 2 is 2.12 bits per heavy atom. The Morgan fingerprint density at radius 1 is 1.31 bits per heavy atom. The summed E-state index contributed by atoms with van der Waals surface area (Å²) in [5.41, 5.74) is 3.24. The molecule has 2 fully saturated rings. The summed E-state index contributed by atoms with van der Waals surface area (Å²) in [7, 11) is 0. The van der Waals surface area contributed by atoms with Crippen molar-refractivity contribution in [3.05, 3.63) is 45.4 Å².